The molecule has 1 aromatic carbocycles. The van der Waals surface area contributed by atoms with Crippen LogP contribution >= 0.6 is 0 Å². The van der Waals surface area contributed by atoms with Gasteiger partial charge in [0.05, 0.1) is 18.6 Å². The van der Waals surface area contributed by atoms with Crippen LogP contribution in [0.4, 0.5) is 4.79 Å². The molecule has 0 bridgehead atoms. The molecule has 1 aliphatic rings. The van der Waals surface area contributed by atoms with E-state index in [2.05, 4.69) is 4.84 Å². The molecule has 1 aliphatic heterocycles. The first kappa shape index (κ1) is 26.3. The second-order valence-corrected chi connectivity index (χ2v) is 7.75. The van der Waals surface area contributed by atoms with E-state index in [0.717, 1.165) is 12.8 Å². The van der Waals surface area contributed by atoms with E-state index >= 15 is 0 Å². The van der Waals surface area contributed by atoms with Crippen LogP contribution in [0.25, 0.3) is 0 Å². The minimum absolute atomic E-state index is 0.00560. The van der Waals surface area contributed by atoms with Crippen molar-refractivity contribution in [1.29, 1.82) is 0 Å². The van der Waals surface area contributed by atoms with E-state index in [1.165, 1.54) is 0 Å². The lowest BCUT2D eigenvalue weighted by atomic mass is 9.74. The highest BCUT2D eigenvalue weighted by molar-refractivity contribution is 6.01. The molecule has 0 saturated carbocycles. The fourth-order valence-corrected chi connectivity index (χ4v) is 3.54. The predicted octanol–water partition coefficient (Wildman–Crippen LogP) is 2.97. The Kier molecular flexibility index (Phi) is 10.3. The second kappa shape index (κ2) is 12.9. The van der Waals surface area contributed by atoms with Crippen molar-refractivity contribution in [2.75, 3.05) is 26.9 Å². The lowest BCUT2D eigenvalue weighted by molar-refractivity contribution is -0.177. The van der Waals surface area contributed by atoms with Crippen molar-refractivity contribution >= 4 is 23.9 Å². The van der Waals surface area contributed by atoms with Crippen LogP contribution in [0, 0.1) is 0 Å². The number of imide groups is 1. The summed E-state index contributed by atoms with van der Waals surface area (Å²) in [5, 5.41) is 10.5. The molecule has 0 aromatic heterocycles. The van der Waals surface area contributed by atoms with E-state index in [4.69, 9.17) is 14.2 Å². The fourth-order valence-electron chi connectivity index (χ4n) is 3.54. The van der Waals surface area contributed by atoms with Crippen LogP contribution in [0.15, 0.2) is 24.3 Å². The largest absolute Gasteiger partial charge is 0.534 e. The molecule has 1 fully saturated rings. The monoisotopic (exact) mass is 465 g/mol. The van der Waals surface area contributed by atoms with Gasteiger partial charge in [-0.2, -0.15) is 0 Å². The number of hydrogen-bond donors (Lipinski definition) is 1. The Morgan fingerprint density at radius 1 is 1.03 bits per heavy atom. The van der Waals surface area contributed by atoms with Gasteiger partial charge in [0.25, 0.3) is 11.8 Å². The summed E-state index contributed by atoms with van der Waals surface area (Å²) in [4.78, 5) is 51.8. The third-order valence-corrected chi connectivity index (χ3v) is 5.51. The van der Waals surface area contributed by atoms with Crippen molar-refractivity contribution in [3.05, 3.63) is 35.4 Å². The highest BCUT2D eigenvalue weighted by Crippen LogP contribution is 2.34. The normalized spacial score (nSPS) is 15.4. The Bertz CT molecular complexity index is 808. The first-order valence-corrected chi connectivity index (χ1v) is 10.9. The lowest BCUT2D eigenvalue weighted by Crippen LogP contribution is -2.37. The van der Waals surface area contributed by atoms with Crippen molar-refractivity contribution in [2.24, 2.45) is 0 Å². The summed E-state index contributed by atoms with van der Waals surface area (Å²) in [5.74, 6) is -2.10. The minimum atomic E-state index is -1.17. The number of aliphatic carboxylic acids is 1. The Morgan fingerprint density at radius 2 is 1.70 bits per heavy atom. The average molecular weight is 465 g/mol. The first-order valence-electron chi connectivity index (χ1n) is 10.9. The quantitative estimate of drug-likeness (QED) is 0.250. The number of nitrogens with zero attached hydrogens (tertiary/aromatic N) is 1. The van der Waals surface area contributed by atoms with Crippen molar-refractivity contribution in [3.8, 4) is 0 Å². The third-order valence-electron chi connectivity index (χ3n) is 5.51. The van der Waals surface area contributed by atoms with E-state index in [1.54, 1.807) is 31.4 Å². The number of carbonyl (C=O) groups excluding carboxylic acids is 3. The summed E-state index contributed by atoms with van der Waals surface area (Å²) in [6, 6.07) is 6.75. The molecule has 33 heavy (non-hydrogen) atoms. The molecule has 1 unspecified atom stereocenters. The minimum Gasteiger partial charge on any atom is -0.481 e. The Hall–Kier alpha value is -2.98. The van der Waals surface area contributed by atoms with Crippen molar-refractivity contribution in [2.45, 2.75) is 57.5 Å². The Morgan fingerprint density at radius 3 is 2.27 bits per heavy atom. The Labute approximate surface area is 192 Å². The number of carboxylic acid groups (broad SMARTS) is 1. The molecule has 10 heteroatoms. The van der Waals surface area contributed by atoms with E-state index in [-0.39, 0.29) is 26.1 Å². The third kappa shape index (κ3) is 7.26. The number of hydrogen-bond acceptors (Lipinski definition) is 8. The zero-order valence-electron chi connectivity index (χ0n) is 19.0. The number of rotatable bonds is 14. The standard InChI is InChI=1S/C23H31NO9/c1-3-4-11-23(21(27)28,12-13-31-15-14-30-2)18-7-5-17(6-8-18)16-32-22(29)33-24-19(25)9-10-20(24)26/h5-8H,3-4,9-16H2,1-2H3,(H,27,28). The fraction of sp³-hybridized carbons (Fsp3) is 0.565. The van der Waals surface area contributed by atoms with Gasteiger partial charge in [-0.05, 0) is 24.0 Å². The molecule has 1 N–H and O–H groups in total. The van der Waals surface area contributed by atoms with Crippen LogP contribution in [-0.4, -0.2) is 61.0 Å². The average Bonchev–Trinajstić information content (AvgIpc) is 3.12. The van der Waals surface area contributed by atoms with Crippen LogP contribution in [0.1, 0.15) is 56.6 Å². The summed E-state index contributed by atoms with van der Waals surface area (Å²) < 4.78 is 15.4. The van der Waals surface area contributed by atoms with E-state index < -0.39 is 29.4 Å². The zero-order valence-corrected chi connectivity index (χ0v) is 19.0. The predicted molar refractivity (Wildman–Crippen MR) is 115 cm³/mol. The van der Waals surface area contributed by atoms with Gasteiger partial charge < -0.3 is 19.3 Å². The van der Waals surface area contributed by atoms with Gasteiger partial charge in [0.1, 0.15) is 6.61 Å². The van der Waals surface area contributed by atoms with Crippen molar-refractivity contribution in [1.82, 2.24) is 5.06 Å². The SMILES string of the molecule is CCCCC(CCOCCOC)(C(=O)O)c1ccc(COC(=O)ON2C(=O)CCC2=O)cc1. The highest BCUT2D eigenvalue weighted by atomic mass is 16.8. The molecule has 1 aromatic rings. The molecule has 10 nitrogen and oxygen atoms in total. The second-order valence-electron chi connectivity index (χ2n) is 7.75. The molecule has 182 valence electrons. The zero-order chi connectivity index (χ0) is 24.3. The van der Waals surface area contributed by atoms with Gasteiger partial charge in [-0.25, -0.2) is 4.79 Å². The van der Waals surface area contributed by atoms with Gasteiger partial charge in [-0.3, -0.25) is 19.2 Å². The number of amides is 2. The number of carbonyl (C=O) groups is 4. The number of hydroxylamine groups is 2. The first-order chi connectivity index (χ1) is 15.8. The maximum absolute atomic E-state index is 12.3. The maximum atomic E-state index is 12.3. The summed E-state index contributed by atoms with van der Waals surface area (Å²) in [5.41, 5.74) is 0.136. The van der Waals surface area contributed by atoms with Crippen LogP contribution in [0.2, 0.25) is 0 Å². The van der Waals surface area contributed by atoms with Crippen LogP contribution < -0.4 is 0 Å². The number of unbranched alkanes of at least 4 members (excludes halogenated alkanes) is 1. The van der Waals surface area contributed by atoms with Crippen molar-refractivity contribution < 1.29 is 43.3 Å². The summed E-state index contributed by atoms with van der Waals surface area (Å²) in [6.07, 6.45) is 1.20. The van der Waals surface area contributed by atoms with Crippen LogP contribution in [-0.2, 0) is 45.5 Å². The van der Waals surface area contributed by atoms with Gasteiger partial charge in [-0.15, -0.1) is 0 Å². The molecule has 0 radical (unpaired) electrons. The Balaban J connectivity index is 2.02. The van der Waals surface area contributed by atoms with Crippen LogP contribution in [0.5, 0.6) is 0 Å². The molecular weight excluding hydrogens is 434 g/mol. The molecule has 2 amide bonds. The van der Waals surface area contributed by atoms with Gasteiger partial charge in [0, 0.05) is 26.6 Å². The van der Waals surface area contributed by atoms with Crippen molar-refractivity contribution in [3.63, 3.8) is 0 Å². The summed E-state index contributed by atoms with van der Waals surface area (Å²) >= 11 is 0. The van der Waals surface area contributed by atoms with E-state index in [0.29, 0.717) is 42.2 Å². The molecule has 1 heterocycles. The van der Waals surface area contributed by atoms with E-state index in [1.807, 2.05) is 6.92 Å². The topological polar surface area (TPSA) is 129 Å². The molecule has 2 rings (SSSR count). The van der Waals surface area contributed by atoms with Gasteiger partial charge >= 0.3 is 12.1 Å². The molecule has 0 aliphatic carbocycles. The number of carboxylic acids is 1. The molecule has 1 atom stereocenters. The van der Waals surface area contributed by atoms with Crippen LogP contribution in [0.3, 0.4) is 0 Å². The smallest absolute Gasteiger partial charge is 0.481 e. The van der Waals surface area contributed by atoms with Gasteiger partial charge in [-0.1, -0.05) is 49.1 Å². The van der Waals surface area contributed by atoms with Gasteiger partial charge in [0.15, 0.2) is 0 Å². The van der Waals surface area contributed by atoms with Gasteiger partial charge in [0.2, 0.25) is 0 Å². The maximum Gasteiger partial charge on any atom is 0.534 e. The highest BCUT2D eigenvalue weighted by Gasteiger charge is 2.39. The lowest BCUT2D eigenvalue weighted by Gasteiger charge is -2.30. The number of benzene rings is 1. The van der Waals surface area contributed by atoms with E-state index in [9.17, 15) is 24.3 Å². The molecule has 0 spiro atoms. The summed E-state index contributed by atoms with van der Waals surface area (Å²) in [7, 11) is 1.57. The molecular formula is C23H31NO9. The summed E-state index contributed by atoms with van der Waals surface area (Å²) in [6.45, 7) is 2.95. The number of ether oxygens (including phenoxy) is 3. The number of methoxy groups -OCH3 is 1. The molecule has 1 saturated heterocycles.